The molecule has 0 aliphatic heterocycles. The topological polar surface area (TPSA) is 96.0 Å². The molecule has 38 heavy (non-hydrogen) atoms. The van der Waals surface area contributed by atoms with E-state index in [-0.39, 0.29) is 19.0 Å². The summed E-state index contributed by atoms with van der Waals surface area (Å²) < 4.78 is 29.1. The van der Waals surface area contributed by atoms with E-state index in [0.29, 0.717) is 23.7 Å². The van der Waals surface area contributed by atoms with E-state index in [1.165, 1.54) is 0 Å². The molecule has 0 radical (unpaired) electrons. The van der Waals surface area contributed by atoms with Crippen molar-refractivity contribution in [1.29, 1.82) is 0 Å². The van der Waals surface area contributed by atoms with Gasteiger partial charge in [0.2, 0.25) is 5.76 Å². The molecule has 5 rings (SSSR count). The number of nitrogens with zero attached hydrogens (tertiary/aromatic N) is 1. The number of aryl methyl sites for hydroxylation is 1. The van der Waals surface area contributed by atoms with E-state index >= 15 is 0 Å². The number of aromatic nitrogens is 1. The lowest BCUT2D eigenvalue weighted by molar-refractivity contribution is 0.0492. The number of nitrogens with one attached hydrogen (secondary N) is 1. The minimum Gasteiger partial charge on any atom is -0.493 e. The number of hydrogen-bond donors (Lipinski definition) is 1. The normalized spacial score (nSPS) is 11.2. The Hall–Kier alpha value is -4.30. The maximum absolute atomic E-state index is 12.1. The fourth-order valence-corrected chi connectivity index (χ4v) is 4.28. The van der Waals surface area contributed by atoms with Gasteiger partial charge in [0.25, 0.3) is 0 Å². The van der Waals surface area contributed by atoms with E-state index in [0.717, 1.165) is 52.7 Å². The van der Waals surface area contributed by atoms with Crippen LogP contribution in [0.3, 0.4) is 0 Å². The van der Waals surface area contributed by atoms with Gasteiger partial charge in [0, 0.05) is 29.9 Å². The molecule has 196 valence electrons. The zero-order valence-electron chi connectivity index (χ0n) is 21.5. The first-order valence-corrected chi connectivity index (χ1v) is 12.7. The van der Waals surface area contributed by atoms with Crippen molar-refractivity contribution < 1.29 is 27.8 Å². The van der Waals surface area contributed by atoms with Gasteiger partial charge in [0.05, 0.1) is 18.6 Å². The van der Waals surface area contributed by atoms with Crippen LogP contribution in [0.1, 0.15) is 40.8 Å². The molecule has 0 aliphatic carbocycles. The lowest BCUT2D eigenvalue weighted by atomic mass is 10.1. The Balaban J connectivity index is 1.22. The number of furan rings is 2. The minimum absolute atomic E-state index is 0.145. The van der Waals surface area contributed by atoms with Crippen LogP contribution in [0.15, 0.2) is 75.8 Å². The molecule has 0 saturated heterocycles. The van der Waals surface area contributed by atoms with Crippen molar-refractivity contribution in [3.05, 3.63) is 89.6 Å². The molecule has 0 fully saturated rings. The van der Waals surface area contributed by atoms with E-state index in [2.05, 4.69) is 16.4 Å². The van der Waals surface area contributed by atoms with Crippen LogP contribution in [-0.2, 0) is 17.9 Å². The summed E-state index contributed by atoms with van der Waals surface area (Å²) in [6.07, 6.45) is 4.50. The summed E-state index contributed by atoms with van der Waals surface area (Å²) in [5.41, 5.74) is 3.35. The number of carbonyl (C=O) groups excluding carboxylic acids is 1. The summed E-state index contributed by atoms with van der Waals surface area (Å²) in [5.74, 6) is 1.65. The molecule has 0 saturated carbocycles. The Morgan fingerprint density at radius 1 is 1.03 bits per heavy atom. The first-order valence-electron chi connectivity index (χ1n) is 12.7. The summed E-state index contributed by atoms with van der Waals surface area (Å²) in [6.45, 7) is 6.43. The molecule has 3 aromatic heterocycles. The van der Waals surface area contributed by atoms with Gasteiger partial charge in [-0.15, -0.1) is 0 Å². The van der Waals surface area contributed by atoms with Crippen LogP contribution in [0.4, 0.5) is 0 Å². The highest BCUT2D eigenvalue weighted by Crippen LogP contribution is 2.35. The molecule has 0 spiro atoms. The number of rotatable bonds is 12. The summed E-state index contributed by atoms with van der Waals surface area (Å²) in [6, 6.07) is 17.0. The van der Waals surface area contributed by atoms with Gasteiger partial charge in [-0.05, 0) is 62.7 Å². The summed E-state index contributed by atoms with van der Waals surface area (Å²) in [7, 11) is 0. The van der Waals surface area contributed by atoms with Gasteiger partial charge >= 0.3 is 5.97 Å². The Morgan fingerprint density at radius 3 is 2.74 bits per heavy atom. The number of carbonyl (C=O) groups is 1. The van der Waals surface area contributed by atoms with Crippen LogP contribution >= 0.6 is 0 Å². The van der Waals surface area contributed by atoms with Crippen molar-refractivity contribution >= 4 is 27.9 Å². The molecule has 2 aromatic carbocycles. The van der Waals surface area contributed by atoms with Crippen LogP contribution in [0.25, 0.3) is 21.9 Å². The molecule has 0 amide bonds. The lowest BCUT2D eigenvalue weighted by Crippen LogP contribution is -2.17. The third-order valence-electron chi connectivity index (χ3n) is 6.17. The minimum atomic E-state index is -0.500. The second-order valence-corrected chi connectivity index (χ2v) is 8.81. The van der Waals surface area contributed by atoms with E-state index < -0.39 is 5.97 Å². The first kappa shape index (κ1) is 25.4. The van der Waals surface area contributed by atoms with E-state index in [1.54, 1.807) is 25.3 Å². The van der Waals surface area contributed by atoms with Gasteiger partial charge in [-0.1, -0.05) is 24.3 Å². The second-order valence-electron chi connectivity index (χ2n) is 8.81. The van der Waals surface area contributed by atoms with E-state index in [9.17, 15) is 4.79 Å². The van der Waals surface area contributed by atoms with Gasteiger partial charge in [0.1, 0.15) is 23.7 Å². The summed E-state index contributed by atoms with van der Waals surface area (Å²) >= 11 is 0. The zero-order valence-corrected chi connectivity index (χ0v) is 21.5. The molecule has 0 aliphatic rings. The van der Waals surface area contributed by atoms with Gasteiger partial charge in [-0.2, -0.15) is 0 Å². The molecule has 8 heteroatoms. The van der Waals surface area contributed by atoms with Crippen molar-refractivity contribution in [3.8, 4) is 11.5 Å². The van der Waals surface area contributed by atoms with E-state index in [4.69, 9.17) is 23.0 Å². The predicted octanol–water partition coefficient (Wildman–Crippen LogP) is 6.20. The number of benzene rings is 2. The average molecular weight is 515 g/mol. The molecule has 3 heterocycles. The van der Waals surface area contributed by atoms with Crippen LogP contribution in [0.5, 0.6) is 11.5 Å². The Bertz CT molecular complexity index is 1520. The maximum Gasteiger partial charge on any atom is 0.374 e. The number of esters is 1. The predicted molar refractivity (Wildman–Crippen MR) is 144 cm³/mol. The molecule has 0 atom stereocenters. The third-order valence-corrected chi connectivity index (χ3v) is 6.17. The molecule has 0 unspecified atom stereocenters. The van der Waals surface area contributed by atoms with Gasteiger partial charge in [-0.3, -0.25) is 4.98 Å². The van der Waals surface area contributed by atoms with Crippen molar-refractivity contribution in [2.24, 2.45) is 0 Å². The molecule has 0 bridgehead atoms. The van der Waals surface area contributed by atoms with Crippen molar-refractivity contribution in [3.63, 3.8) is 0 Å². The van der Waals surface area contributed by atoms with Crippen LogP contribution in [0, 0.1) is 6.92 Å². The third kappa shape index (κ3) is 5.65. The fourth-order valence-electron chi connectivity index (χ4n) is 4.28. The SMILES string of the molecule is CCOC(=O)c1cc2cccc(OCc3oc4cccc(OCCCNCc5cccnc5)c4c3C)c2o1. The summed E-state index contributed by atoms with van der Waals surface area (Å²) in [5, 5.41) is 5.11. The van der Waals surface area contributed by atoms with Crippen LogP contribution < -0.4 is 14.8 Å². The molecule has 1 N–H and O–H groups in total. The van der Waals surface area contributed by atoms with Crippen LogP contribution in [-0.4, -0.2) is 30.7 Å². The van der Waals surface area contributed by atoms with Crippen molar-refractivity contribution in [1.82, 2.24) is 10.3 Å². The Labute approximate surface area is 220 Å². The number of para-hydroxylation sites is 1. The highest BCUT2D eigenvalue weighted by Gasteiger charge is 2.18. The quantitative estimate of drug-likeness (QED) is 0.155. The average Bonchev–Trinajstić information content (AvgIpc) is 3.52. The van der Waals surface area contributed by atoms with Crippen molar-refractivity contribution in [2.75, 3.05) is 19.8 Å². The fraction of sp³-hybridized carbons (Fsp3) is 0.267. The van der Waals surface area contributed by atoms with Gasteiger partial charge in [-0.25, -0.2) is 4.79 Å². The highest BCUT2D eigenvalue weighted by atomic mass is 16.5. The van der Waals surface area contributed by atoms with Crippen LogP contribution in [0.2, 0.25) is 0 Å². The second kappa shape index (κ2) is 11.8. The van der Waals surface area contributed by atoms with Crippen molar-refractivity contribution in [2.45, 2.75) is 33.4 Å². The molecular formula is C30H30N2O6. The molecule has 8 nitrogen and oxygen atoms in total. The van der Waals surface area contributed by atoms with E-state index in [1.807, 2.05) is 49.5 Å². The Morgan fingerprint density at radius 2 is 1.89 bits per heavy atom. The summed E-state index contributed by atoms with van der Waals surface area (Å²) in [4.78, 5) is 16.2. The number of fused-ring (bicyclic) bond motifs is 2. The van der Waals surface area contributed by atoms with Gasteiger partial charge < -0.3 is 28.4 Å². The molecular weight excluding hydrogens is 484 g/mol. The highest BCUT2D eigenvalue weighted by molar-refractivity contribution is 5.94. The largest absolute Gasteiger partial charge is 0.493 e. The number of hydrogen-bond acceptors (Lipinski definition) is 8. The Kier molecular flexibility index (Phi) is 7.89. The first-order chi connectivity index (χ1) is 18.6. The number of ether oxygens (including phenoxy) is 3. The zero-order chi connectivity index (χ0) is 26.3. The van der Waals surface area contributed by atoms with Gasteiger partial charge in [0.15, 0.2) is 11.3 Å². The maximum atomic E-state index is 12.1. The standard InChI is InChI=1S/C30H30N2O6/c1-3-34-30(33)26-16-22-9-4-12-25(29(22)38-26)36-19-27-20(2)28-23(10-5-11-24(28)37-27)35-15-7-14-32-18-21-8-6-13-31-17-21/h4-6,8-13,16-17,32H,3,7,14-15,18-19H2,1-2H3. The smallest absolute Gasteiger partial charge is 0.374 e. The molecule has 5 aromatic rings. The number of pyridine rings is 1. The monoisotopic (exact) mass is 514 g/mol. The lowest BCUT2D eigenvalue weighted by Gasteiger charge is -2.09.